The number of halogens is 1. The SMILES string of the molecule is CSc1ncc(Br)c(C(=O)C(C#N)c2nc3ccccc3n2C)n1. The number of hydrogen-bond acceptors (Lipinski definition) is 6. The molecule has 3 rings (SSSR count). The molecule has 0 spiro atoms. The molecule has 2 heterocycles. The molecule has 1 atom stereocenters. The third kappa shape index (κ3) is 2.81. The number of nitrogens with zero attached hydrogens (tertiary/aromatic N) is 5. The minimum Gasteiger partial charge on any atom is -0.330 e. The fourth-order valence-corrected chi connectivity index (χ4v) is 3.14. The number of fused-ring (bicyclic) bond motifs is 1. The van der Waals surface area contributed by atoms with Crippen molar-refractivity contribution in [2.75, 3.05) is 6.26 Å². The second-order valence-electron chi connectivity index (χ2n) is 5.00. The Bertz CT molecular complexity index is 978. The monoisotopic (exact) mass is 401 g/mol. The van der Waals surface area contributed by atoms with Gasteiger partial charge in [0.15, 0.2) is 11.1 Å². The predicted molar refractivity (Wildman–Crippen MR) is 94.9 cm³/mol. The molecule has 2 aromatic heterocycles. The van der Waals surface area contributed by atoms with Crippen LogP contribution in [0.2, 0.25) is 0 Å². The lowest BCUT2D eigenvalue weighted by molar-refractivity contribution is 0.0968. The van der Waals surface area contributed by atoms with E-state index in [2.05, 4.69) is 37.0 Å². The Hall–Kier alpha value is -2.24. The number of imidazole rings is 1. The summed E-state index contributed by atoms with van der Waals surface area (Å²) in [6.45, 7) is 0. The van der Waals surface area contributed by atoms with Gasteiger partial charge in [0.05, 0.1) is 21.6 Å². The third-order valence-corrected chi connectivity index (χ3v) is 4.75. The summed E-state index contributed by atoms with van der Waals surface area (Å²) in [5.41, 5.74) is 1.80. The highest BCUT2D eigenvalue weighted by molar-refractivity contribution is 9.10. The van der Waals surface area contributed by atoms with Gasteiger partial charge in [0.2, 0.25) is 5.78 Å². The van der Waals surface area contributed by atoms with E-state index in [0.717, 1.165) is 11.0 Å². The fourth-order valence-electron chi connectivity index (χ4n) is 2.41. The lowest BCUT2D eigenvalue weighted by atomic mass is 10.0. The van der Waals surface area contributed by atoms with Crippen molar-refractivity contribution in [3.63, 3.8) is 0 Å². The second kappa shape index (κ2) is 6.71. The normalized spacial score (nSPS) is 12.1. The number of para-hydroxylation sites is 2. The molecule has 0 aliphatic carbocycles. The van der Waals surface area contributed by atoms with Crippen molar-refractivity contribution in [3.8, 4) is 6.07 Å². The number of hydrogen-bond donors (Lipinski definition) is 0. The Balaban J connectivity index is 2.10. The van der Waals surface area contributed by atoms with E-state index in [-0.39, 0.29) is 5.69 Å². The summed E-state index contributed by atoms with van der Waals surface area (Å²) >= 11 is 4.62. The van der Waals surface area contributed by atoms with E-state index < -0.39 is 11.7 Å². The summed E-state index contributed by atoms with van der Waals surface area (Å²) in [4.78, 5) is 25.7. The van der Waals surface area contributed by atoms with Crippen molar-refractivity contribution in [2.45, 2.75) is 11.1 Å². The van der Waals surface area contributed by atoms with Crippen LogP contribution in [0.3, 0.4) is 0 Å². The molecule has 1 unspecified atom stereocenters. The molecule has 1 aromatic carbocycles. The second-order valence-corrected chi connectivity index (χ2v) is 6.63. The van der Waals surface area contributed by atoms with Gasteiger partial charge in [-0.1, -0.05) is 23.9 Å². The Morgan fingerprint density at radius 1 is 1.38 bits per heavy atom. The molecule has 0 radical (unpaired) electrons. The van der Waals surface area contributed by atoms with E-state index in [1.165, 1.54) is 18.0 Å². The zero-order valence-electron chi connectivity index (χ0n) is 12.9. The lowest BCUT2D eigenvalue weighted by Crippen LogP contribution is -2.17. The van der Waals surface area contributed by atoms with Gasteiger partial charge >= 0.3 is 0 Å². The Morgan fingerprint density at radius 3 is 2.79 bits per heavy atom. The van der Waals surface area contributed by atoms with Gasteiger partial charge in [-0.2, -0.15) is 5.26 Å². The maximum absolute atomic E-state index is 12.9. The number of nitriles is 1. The molecule has 0 N–H and O–H groups in total. The summed E-state index contributed by atoms with van der Waals surface area (Å²) in [6.07, 6.45) is 3.35. The molecule has 0 amide bonds. The van der Waals surface area contributed by atoms with Crippen LogP contribution < -0.4 is 0 Å². The molecule has 24 heavy (non-hydrogen) atoms. The number of aromatic nitrogens is 4. The van der Waals surface area contributed by atoms with Gasteiger partial charge in [-0.05, 0) is 34.3 Å². The number of ketones is 1. The van der Waals surface area contributed by atoms with Gasteiger partial charge in [0.1, 0.15) is 11.5 Å². The summed E-state index contributed by atoms with van der Waals surface area (Å²) in [5, 5.41) is 10.1. The molecule has 0 bridgehead atoms. The van der Waals surface area contributed by atoms with Crippen LogP contribution in [0.1, 0.15) is 22.2 Å². The Kier molecular flexibility index (Phi) is 4.64. The zero-order chi connectivity index (χ0) is 17.3. The van der Waals surface area contributed by atoms with E-state index in [4.69, 9.17) is 0 Å². The molecule has 120 valence electrons. The minimum atomic E-state index is -1.04. The van der Waals surface area contributed by atoms with Gasteiger partial charge in [0, 0.05) is 13.2 Å². The third-order valence-electron chi connectivity index (χ3n) is 3.61. The number of benzene rings is 1. The summed E-state index contributed by atoms with van der Waals surface area (Å²) < 4.78 is 2.23. The van der Waals surface area contributed by atoms with Crippen LogP contribution in [0.15, 0.2) is 40.1 Å². The van der Waals surface area contributed by atoms with Crippen molar-refractivity contribution in [1.29, 1.82) is 5.26 Å². The highest BCUT2D eigenvalue weighted by atomic mass is 79.9. The van der Waals surface area contributed by atoms with E-state index >= 15 is 0 Å². The van der Waals surface area contributed by atoms with Crippen molar-refractivity contribution in [1.82, 2.24) is 19.5 Å². The first kappa shape index (κ1) is 16.6. The largest absolute Gasteiger partial charge is 0.330 e. The minimum absolute atomic E-state index is 0.188. The molecular weight excluding hydrogens is 390 g/mol. The molecule has 0 aliphatic rings. The van der Waals surface area contributed by atoms with Crippen LogP contribution >= 0.6 is 27.7 Å². The molecule has 8 heteroatoms. The molecule has 3 aromatic rings. The molecule has 6 nitrogen and oxygen atoms in total. The smallest absolute Gasteiger partial charge is 0.207 e. The highest BCUT2D eigenvalue weighted by Crippen LogP contribution is 2.26. The summed E-state index contributed by atoms with van der Waals surface area (Å²) in [6, 6.07) is 9.57. The average Bonchev–Trinajstić information content (AvgIpc) is 2.93. The van der Waals surface area contributed by atoms with Crippen LogP contribution in [0.4, 0.5) is 0 Å². The van der Waals surface area contributed by atoms with Crippen molar-refractivity contribution >= 4 is 44.5 Å². The topological polar surface area (TPSA) is 84.5 Å². The summed E-state index contributed by atoms with van der Waals surface area (Å²) in [7, 11) is 1.80. The van der Waals surface area contributed by atoms with Crippen molar-refractivity contribution in [3.05, 3.63) is 46.5 Å². The number of thioether (sulfide) groups is 1. The first-order chi connectivity index (χ1) is 11.6. The van der Waals surface area contributed by atoms with Crippen LogP contribution in [-0.2, 0) is 7.05 Å². The van der Waals surface area contributed by atoms with Crippen LogP contribution in [0.25, 0.3) is 11.0 Å². The molecular formula is C16H12BrN5OS. The highest BCUT2D eigenvalue weighted by Gasteiger charge is 2.29. The Morgan fingerprint density at radius 2 is 2.12 bits per heavy atom. The molecule has 0 saturated carbocycles. The molecule has 0 saturated heterocycles. The zero-order valence-corrected chi connectivity index (χ0v) is 15.3. The number of aryl methyl sites for hydroxylation is 1. The average molecular weight is 402 g/mol. The van der Waals surface area contributed by atoms with Crippen LogP contribution in [0, 0.1) is 11.3 Å². The number of carbonyl (C=O) groups is 1. The van der Waals surface area contributed by atoms with E-state index in [1.807, 2.05) is 30.5 Å². The maximum atomic E-state index is 12.9. The van der Waals surface area contributed by atoms with E-state index in [1.54, 1.807) is 11.6 Å². The van der Waals surface area contributed by atoms with Crippen LogP contribution in [0.5, 0.6) is 0 Å². The Labute approximate surface area is 151 Å². The first-order valence-corrected chi connectivity index (χ1v) is 9.00. The standard InChI is InChI=1S/C16H12BrN5OS/c1-22-12-6-4-3-5-11(12)20-15(22)9(7-18)14(23)13-10(17)8-19-16(21-13)24-2/h3-6,8-9H,1-2H3. The van der Waals surface area contributed by atoms with Gasteiger partial charge < -0.3 is 4.57 Å². The van der Waals surface area contributed by atoms with Crippen molar-refractivity contribution in [2.24, 2.45) is 7.05 Å². The summed E-state index contributed by atoms with van der Waals surface area (Å²) in [5.74, 6) is -1.04. The number of rotatable bonds is 4. The van der Waals surface area contributed by atoms with Gasteiger partial charge in [-0.15, -0.1) is 0 Å². The lowest BCUT2D eigenvalue weighted by Gasteiger charge is -2.10. The first-order valence-electron chi connectivity index (χ1n) is 6.98. The van der Waals surface area contributed by atoms with Gasteiger partial charge in [-0.3, -0.25) is 4.79 Å². The van der Waals surface area contributed by atoms with Gasteiger partial charge in [0.25, 0.3) is 0 Å². The molecule has 0 fully saturated rings. The number of Topliss-reactive ketones (excluding diaryl/α,β-unsaturated/α-hetero) is 1. The van der Waals surface area contributed by atoms with Gasteiger partial charge in [-0.25, -0.2) is 15.0 Å². The fraction of sp³-hybridized carbons (Fsp3) is 0.188. The van der Waals surface area contributed by atoms with Crippen molar-refractivity contribution < 1.29 is 4.79 Å². The van der Waals surface area contributed by atoms with Crippen LogP contribution in [-0.4, -0.2) is 31.6 Å². The quantitative estimate of drug-likeness (QED) is 0.378. The predicted octanol–water partition coefficient (Wildman–Crippen LogP) is 3.34. The van der Waals surface area contributed by atoms with E-state index in [9.17, 15) is 10.1 Å². The maximum Gasteiger partial charge on any atom is 0.207 e. The van der Waals surface area contributed by atoms with E-state index in [0.29, 0.717) is 15.5 Å². The number of carbonyl (C=O) groups excluding carboxylic acids is 1. The molecule has 0 aliphatic heterocycles.